The van der Waals surface area contributed by atoms with Crippen molar-refractivity contribution in [3.05, 3.63) is 35.7 Å². The number of carboxylic acids is 1. The fourth-order valence-corrected chi connectivity index (χ4v) is 1.51. The van der Waals surface area contributed by atoms with Crippen molar-refractivity contribution >= 4 is 5.97 Å². The molecule has 1 aromatic carbocycles. The summed E-state index contributed by atoms with van der Waals surface area (Å²) in [5, 5.41) is 26.3. The van der Waals surface area contributed by atoms with Gasteiger partial charge in [0.15, 0.2) is 0 Å². The zero-order valence-electron chi connectivity index (χ0n) is 10.0. The zero-order valence-corrected chi connectivity index (χ0v) is 10.0. The molecule has 0 bridgehead atoms. The Kier molecular flexibility index (Phi) is 3.01. The Morgan fingerprint density at radius 1 is 1.39 bits per heavy atom. The van der Waals surface area contributed by atoms with Crippen LogP contribution < -0.4 is 0 Å². The third kappa shape index (κ3) is 2.17. The van der Waals surface area contributed by atoms with Crippen LogP contribution in [-0.4, -0.2) is 31.2 Å². The Morgan fingerprint density at radius 2 is 2.11 bits per heavy atom. The van der Waals surface area contributed by atoms with Crippen LogP contribution in [0.4, 0.5) is 0 Å². The minimum Gasteiger partial charge on any atom is -0.507 e. The van der Waals surface area contributed by atoms with Crippen LogP contribution >= 0.6 is 0 Å². The SMILES string of the molecule is CC(C)c1cn(-c2ccc(C(=O)O)c(O)c2)nn1. The average Bonchev–Trinajstić information content (AvgIpc) is 2.77. The molecule has 0 amide bonds. The lowest BCUT2D eigenvalue weighted by Gasteiger charge is -2.03. The Hall–Kier alpha value is -2.37. The minimum absolute atomic E-state index is 0.136. The third-order valence-electron chi connectivity index (χ3n) is 2.58. The van der Waals surface area contributed by atoms with E-state index in [-0.39, 0.29) is 17.2 Å². The van der Waals surface area contributed by atoms with Crippen LogP contribution in [0.3, 0.4) is 0 Å². The van der Waals surface area contributed by atoms with Gasteiger partial charge in [-0.05, 0) is 18.1 Å². The fourth-order valence-electron chi connectivity index (χ4n) is 1.51. The van der Waals surface area contributed by atoms with Crippen LogP contribution in [0.5, 0.6) is 5.75 Å². The molecule has 1 heterocycles. The molecule has 0 aliphatic heterocycles. The summed E-state index contributed by atoms with van der Waals surface area (Å²) in [6.07, 6.45) is 1.75. The van der Waals surface area contributed by atoms with Gasteiger partial charge in [0.05, 0.1) is 17.6 Å². The molecule has 6 heteroatoms. The molecule has 0 saturated heterocycles. The maximum Gasteiger partial charge on any atom is 0.339 e. The summed E-state index contributed by atoms with van der Waals surface area (Å²) in [5.74, 6) is -1.20. The summed E-state index contributed by atoms with van der Waals surface area (Å²) in [7, 11) is 0. The van der Waals surface area contributed by atoms with Crippen molar-refractivity contribution in [2.75, 3.05) is 0 Å². The van der Waals surface area contributed by atoms with E-state index in [4.69, 9.17) is 5.11 Å². The molecule has 0 saturated carbocycles. The summed E-state index contributed by atoms with van der Waals surface area (Å²) in [5.41, 5.74) is 1.26. The molecule has 94 valence electrons. The number of hydrogen-bond donors (Lipinski definition) is 2. The maximum absolute atomic E-state index is 10.8. The Balaban J connectivity index is 2.39. The molecule has 2 N–H and O–H groups in total. The monoisotopic (exact) mass is 247 g/mol. The minimum atomic E-state index is -1.17. The molecule has 1 aromatic heterocycles. The van der Waals surface area contributed by atoms with E-state index in [9.17, 15) is 9.90 Å². The summed E-state index contributed by atoms with van der Waals surface area (Å²) < 4.78 is 1.50. The molecule has 0 aliphatic carbocycles. The van der Waals surface area contributed by atoms with Crippen LogP contribution in [0.2, 0.25) is 0 Å². The summed E-state index contributed by atoms with van der Waals surface area (Å²) in [4.78, 5) is 10.8. The number of aromatic hydroxyl groups is 1. The van der Waals surface area contributed by atoms with E-state index in [1.165, 1.54) is 16.8 Å². The first-order valence-corrected chi connectivity index (χ1v) is 5.48. The number of aromatic nitrogens is 3. The molecule has 0 fully saturated rings. The first-order chi connectivity index (χ1) is 8.49. The van der Waals surface area contributed by atoms with Crippen LogP contribution in [0.25, 0.3) is 5.69 Å². The van der Waals surface area contributed by atoms with Gasteiger partial charge < -0.3 is 10.2 Å². The molecule has 0 radical (unpaired) electrons. The molecule has 0 atom stereocenters. The van der Waals surface area contributed by atoms with Gasteiger partial charge in [0, 0.05) is 6.07 Å². The molecule has 6 nitrogen and oxygen atoms in total. The van der Waals surface area contributed by atoms with Gasteiger partial charge in [-0.1, -0.05) is 19.1 Å². The lowest BCUT2D eigenvalue weighted by molar-refractivity contribution is 0.0694. The van der Waals surface area contributed by atoms with Crippen molar-refractivity contribution in [2.45, 2.75) is 19.8 Å². The highest BCUT2D eigenvalue weighted by Crippen LogP contribution is 2.21. The first-order valence-electron chi connectivity index (χ1n) is 5.48. The molecule has 0 aliphatic rings. The molecular weight excluding hydrogens is 234 g/mol. The number of phenols is 1. The standard InChI is InChI=1S/C12H13N3O3/c1-7(2)10-6-15(14-13-10)8-3-4-9(12(17)18)11(16)5-8/h3-7,16H,1-2H3,(H,17,18). The Labute approximate surface area is 103 Å². The van der Waals surface area contributed by atoms with Gasteiger partial charge in [0.1, 0.15) is 11.3 Å². The van der Waals surface area contributed by atoms with E-state index in [2.05, 4.69) is 10.3 Å². The summed E-state index contributed by atoms with van der Waals surface area (Å²) in [6, 6.07) is 4.26. The van der Waals surface area contributed by atoms with Crippen LogP contribution in [0, 0.1) is 0 Å². The topological polar surface area (TPSA) is 88.2 Å². The van der Waals surface area contributed by atoms with E-state index >= 15 is 0 Å². The maximum atomic E-state index is 10.8. The zero-order chi connectivity index (χ0) is 13.3. The Morgan fingerprint density at radius 3 is 2.61 bits per heavy atom. The van der Waals surface area contributed by atoms with Gasteiger partial charge >= 0.3 is 5.97 Å². The van der Waals surface area contributed by atoms with E-state index in [1.54, 1.807) is 12.3 Å². The predicted octanol–water partition coefficient (Wildman–Crippen LogP) is 1.79. The number of rotatable bonds is 3. The van der Waals surface area contributed by atoms with Gasteiger partial charge in [-0.25, -0.2) is 9.48 Å². The van der Waals surface area contributed by atoms with Crippen molar-refractivity contribution < 1.29 is 15.0 Å². The van der Waals surface area contributed by atoms with Crippen molar-refractivity contribution in [1.29, 1.82) is 0 Å². The second kappa shape index (κ2) is 4.48. The van der Waals surface area contributed by atoms with Crippen molar-refractivity contribution in [1.82, 2.24) is 15.0 Å². The van der Waals surface area contributed by atoms with E-state index in [0.717, 1.165) is 5.69 Å². The molecule has 2 aromatic rings. The highest BCUT2D eigenvalue weighted by molar-refractivity contribution is 5.91. The quantitative estimate of drug-likeness (QED) is 0.863. The van der Waals surface area contributed by atoms with Gasteiger partial charge in [0.2, 0.25) is 0 Å². The van der Waals surface area contributed by atoms with Gasteiger partial charge in [-0.3, -0.25) is 0 Å². The van der Waals surface area contributed by atoms with Crippen LogP contribution in [0.15, 0.2) is 24.4 Å². The molecular formula is C12H13N3O3. The number of hydrogen-bond acceptors (Lipinski definition) is 4. The number of nitrogens with zero attached hydrogens (tertiary/aromatic N) is 3. The second-order valence-electron chi connectivity index (χ2n) is 4.25. The Bertz CT molecular complexity index is 590. The van der Waals surface area contributed by atoms with Gasteiger partial charge in [-0.2, -0.15) is 0 Å². The van der Waals surface area contributed by atoms with Crippen molar-refractivity contribution in [3.8, 4) is 11.4 Å². The van der Waals surface area contributed by atoms with Crippen molar-refractivity contribution in [3.63, 3.8) is 0 Å². The largest absolute Gasteiger partial charge is 0.507 e. The van der Waals surface area contributed by atoms with E-state index in [1.807, 2.05) is 13.8 Å². The normalized spacial score (nSPS) is 10.8. The van der Waals surface area contributed by atoms with Crippen LogP contribution in [0.1, 0.15) is 35.8 Å². The highest BCUT2D eigenvalue weighted by atomic mass is 16.4. The average molecular weight is 247 g/mol. The smallest absolute Gasteiger partial charge is 0.339 e. The summed E-state index contributed by atoms with van der Waals surface area (Å²) >= 11 is 0. The van der Waals surface area contributed by atoms with E-state index < -0.39 is 5.97 Å². The molecule has 0 spiro atoms. The number of aromatic carboxylic acids is 1. The molecule has 18 heavy (non-hydrogen) atoms. The van der Waals surface area contributed by atoms with E-state index in [0.29, 0.717) is 5.69 Å². The molecule has 2 rings (SSSR count). The second-order valence-corrected chi connectivity index (χ2v) is 4.25. The third-order valence-corrected chi connectivity index (χ3v) is 2.58. The lowest BCUT2D eigenvalue weighted by Crippen LogP contribution is -2.00. The predicted molar refractivity (Wildman–Crippen MR) is 64.1 cm³/mol. The summed E-state index contributed by atoms with van der Waals surface area (Å²) in [6.45, 7) is 4.00. The highest BCUT2D eigenvalue weighted by Gasteiger charge is 2.12. The lowest BCUT2D eigenvalue weighted by atomic mass is 10.1. The number of benzene rings is 1. The number of carbonyl (C=O) groups is 1. The molecule has 0 unspecified atom stereocenters. The van der Waals surface area contributed by atoms with Crippen LogP contribution in [-0.2, 0) is 0 Å². The van der Waals surface area contributed by atoms with Crippen molar-refractivity contribution in [2.24, 2.45) is 0 Å². The van der Waals surface area contributed by atoms with Gasteiger partial charge in [0.25, 0.3) is 0 Å². The van der Waals surface area contributed by atoms with Gasteiger partial charge in [-0.15, -0.1) is 5.10 Å². The number of carboxylic acid groups (broad SMARTS) is 1. The fraction of sp³-hybridized carbons (Fsp3) is 0.250. The first kappa shape index (κ1) is 12.1.